The van der Waals surface area contributed by atoms with Gasteiger partial charge >= 0.3 is 5.69 Å². The Morgan fingerprint density at radius 1 is 1.56 bits per heavy atom. The minimum Gasteiger partial charge on any atom is -0.258 e. The van der Waals surface area contributed by atoms with E-state index in [-0.39, 0.29) is 0 Å². The van der Waals surface area contributed by atoms with Crippen molar-refractivity contribution < 1.29 is 22.1 Å². The SMILES string of the molecule is N#Cc1c(S(N)(=O)=O)cnc(C(F)F)c1[N+](=O)[O-]. The minimum atomic E-state index is -4.48. The third-order valence-corrected chi connectivity index (χ3v) is 2.78. The predicted octanol–water partition coefficient (Wildman–Crippen LogP) is 0.446. The summed E-state index contributed by atoms with van der Waals surface area (Å²) in [5.41, 5.74) is -3.71. The summed E-state index contributed by atoms with van der Waals surface area (Å²) >= 11 is 0. The summed E-state index contributed by atoms with van der Waals surface area (Å²) in [7, 11) is -4.48. The van der Waals surface area contributed by atoms with Crippen molar-refractivity contribution in [2.45, 2.75) is 11.3 Å². The largest absolute Gasteiger partial charge is 0.315 e. The quantitative estimate of drug-likeness (QED) is 0.628. The number of rotatable bonds is 3. The number of nitro groups is 1. The summed E-state index contributed by atoms with van der Waals surface area (Å²) in [5.74, 6) is 0. The molecule has 0 amide bonds. The number of pyridine rings is 1. The first-order valence-electron chi connectivity index (χ1n) is 4.08. The lowest BCUT2D eigenvalue weighted by atomic mass is 10.2. The van der Waals surface area contributed by atoms with E-state index in [1.807, 2.05) is 0 Å². The second-order valence-corrected chi connectivity index (χ2v) is 4.48. The van der Waals surface area contributed by atoms with Gasteiger partial charge in [0.25, 0.3) is 6.43 Å². The van der Waals surface area contributed by atoms with Crippen molar-refractivity contribution in [3.63, 3.8) is 0 Å². The van der Waals surface area contributed by atoms with Crippen LogP contribution in [0.15, 0.2) is 11.1 Å². The van der Waals surface area contributed by atoms with Crippen LogP contribution in [0, 0.1) is 21.4 Å². The lowest BCUT2D eigenvalue weighted by Gasteiger charge is -2.05. The summed E-state index contributed by atoms with van der Waals surface area (Å²) in [4.78, 5) is 11.3. The second-order valence-electron chi connectivity index (χ2n) is 2.95. The molecule has 0 aliphatic rings. The first-order valence-corrected chi connectivity index (χ1v) is 5.63. The van der Waals surface area contributed by atoms with Crippen molar-refractivity contribution >= 4 is 15.7 Å². The van der Waals surface area contributed by atoms with Crippen LogP contribution in [0.2, 0.25) is 0 Å². The number of hydrogen-bond donors (Lipinski definition) is 1. The Morgan fingerprint density at radius 3 is 2.44 bits per heavy atom. The van der Waals surface area contributed by atoms with E-state index in [4.69, 9.17) is 10.4 Å². The highest BCUT2D eigenvalue weighted by Gasteiger charge is 2.32. The van der Waals surface area contributed by atoms with Crippen LogP contribution in [0.4, 0.5) is 14.5 Å². The molecule has 2 N–H and O–H groups in total. The van der Waals surface area contributed by atoms with Gasteiger partial charge in [0.15, 0.2) is 11.3 Å². The molecule has 0 aromatic carbocycles. The summed E-state index contributed by atoms with van der Waals surface area (Å²) in [6, 6.07) is 1.17. The van der Waals surface area contributed by atoms with Crippen LogP contribution in [-0.2, 0) is 10.0 Å². The van der Waals surface area contributed by atoms with Crippen molar-refractivity contribution in [1.82, 2.24) is 4.98 Å². The van der Waals surface area contributed by atoms with Crippen molar-refractivity contribution in [1.29, 1.82) is 5.26 Å². The molecule has 18 heavy (non-hydrogen) atoms. The number of hydrogen-bond acceptors (Lipinski definition) is 6. The van der Waals surface area contributed by atoms with E-state index in [2.05, 4.69) is 4.98 Å². The number of nitrogens with two attached hydrogens (primary N) is 1. The average Bonchev–Trinajstić information content (AvgIpc) is 2.25. The van der Waals surface area contributed by atoms with Gasteiger partial charge in [0, 0.05) is 6.20 Å². The van der Waals surface area contributed by atoms with Crippen molar-refractivity contribution in [3.8, 4) is 6.07 Å². The highest BCUT2D eigenvalue weighted by Crippen LogP contribution is 2.32. The molecule has 11 heteroatoms. The van der Waals surface area contributed by atoms with E-state index >= 15 is 0 Å². The van der Waals surface area contributed by atoms with Crippen LogP contribution in [0.25, 0.3) is 0 Å². The van der Waals surface area contributed by atoms with Gasteiger partial charge in [-0.15, -0.1) is 0 Å². The van der Waals surface area contributed by atoms with Crippen LogP contribution >= 0.6 is 0 Å². The van der Waals surface area contributed by atoms with Crippen molar-refractivity contribution in [3.05, 3.63) is 27.6 Å². The molecular formula is C7H4F2N4O4S. The molecule has 0 bridgehead atoms. The number of nitriles is 1. The van der Waals surface area contributed by atoms with Gasteiger partial charge in [0.05, 0.1) is 4.92 Å². The standard InChI is InChI=1S/C7H4F2N4O4S/c8-7(9)5-6(13(14)15)3(1-10)4(2-12-5)18(11,16)17/h2,7H,(H2,11,16,17). The lowest BCUT2D eigenvalue weighted by Crippen LogP contribution is -2.16. The highest BCUT2D eigenvalue weighted by atomic mass is 32.2. The first kappa shape index (κ1) is 13.9. The van der Waals surface area contributed by atoms with E-state index in [9.17, 15) is 27.3 Å². The Kier molecular flexibility index (Phi) is 3.54. The van der Waals surface area contributed by atoms with Gasteiger partial charge in [-0.05, 0) is 0 Å². The Balaban J connectivity index is 3.83. The van der Waals surface area contributed by atoms with E-state index in [1.165, 1.54) is 6.07 Å². The maximum Gasteiger partial charge on any atom is 0.315 e. The molecule has 0 aliphatic carbocycles. The predicted molar refractivity (Wildman–Crippen MR) is 51.9 cm³/mol. The highest BCUT2D eigenvalue weighted by molar-refractivity contribution is 7.89. The number of alkyl halides is 2. The monoisotopic (exact) mass is 278 g/mol. The molecule has 0 spiro atoms. The van der Waals surface area contributed by atoms with E-state index in [1.54, 1.807) is 0 Å². The number of primary sulfonamides is 1. The van der Waals surface area contributed by atoms with Crippen LogP contribution < -0.4 is 5.14 Å². The summed E-state index contributed by atoms with van der Waals surface area (Å²) < 4.78 is 47.0. The smallest absolute Gasteiger partial charge is 0.258 e. The molecule has 0 saturated heterocycles. The zero-order chi connectivity index (χ0) is 14.1. The minimum absolute atomic E-state index is 0.391. The molecule has 0 atom stereocenters. The van der Waals surface area contributed by atoms with E-state index in [0.29, 0.717) is 6.20 Å². The molecule has 0 radical (unpaired) electrons. The van der Waals surface area contributed by atoms with Gasteiger partial charge in [0.2, 0.25) is 10.0 Å². The number of halogens is 2. The molecule has 1 aromatic heterocycles. The topological polar surface area (TPSA) is 140 Å². The van der Waals surface area contributed by atoms with Gasteiger partial charge < -0.3 is 0 Å². The molecule has 0 saturated carbocycles. The van der Waals surface area contributed by atoms with Gasteiger partial charge in [-0.2, -0.15) is 5.26 Å². The fraction of sp³-hybridized carbons (Fsp3) is 0.143. The lowest BCUT2D eigenvalue weighted by molar-refractivity contribution is -0.387. The van der Waals surface area contributed by atoms with Gasteiger partial charge in [-0.1, -0.05) is 0 Å². The number of sulfonamides is 1. The normalized spacial score (nSPS) is 11.3. The average molecular weight is 278 g/mol. The number of aromatic nitrogens is 1. The van der Waals surface area contributed by atoms with E-state index in [0.717, 1.165) is 0 Å². The molecule has 96 valence electrons. The van der Waals surface area contributed by atoms with Crippen molar-refractivity contribution in [2.24, 2.45) is 5.14 Å². The zero-order valence-corrected chi connectivity index (χ0v) is 9.19. The summed E-state index contributed by atoms with van der Waals surface area (Å²) in [6.45, 7) is 0. The Labute approximate surface area is 98.9 Å². The Morgan fingerprint density at radius 2 is 2.11 bits per heavy atom. The van der Waals surface area contributed by atoms with Crippen LogP contribution in [-0.4, -0.2) is 18.3 Å². The van der Waals surface area contributed by atoms with Crippen LogP contribution in [0.1, 0.15) is 17.7 Å². The number of nitrogens with zero attached hydrogens (tertiary/aromatic N) is 3. The fourth-order valence-electron chi connectivity index (χ4n) is 1.17. The van der Waals surface area contributed by atoms with Gasteiger partial charge in [-0.3, -0.25) is 10.1 Å². The fourth-order valence-corrected chi connectivity index (χ4v) is 1.79. The zero-order valence-electron chi connectivity index (χ0n) is 8.37. The Hall–Kier alpha value is -2.19. The molecule has 1 rings (SSSR count). The summed E-state index contributed by atoms with van der Waals surface area (Å²) in [5, 5.41) is 24.0. The molecule has 1 aromatic rings. The summed E-state index contributed by atoms with van der Waals surface area (Å²) in [6.07, 6.45) is -2.94. The molecule has 0 aliphatic heterocycles. The third-order valence-electron chi connectivity index (χ3n) is 1.85. The first-order chi connectivity index (χ1) is 8.20. The van der Waals surface area contributed by atoms with Gasteiger partial charge in [-0.25, -0.2) is 27.3 Å². The molecule has 0 unspecified atom stereocenters. The third kappa shape index (κ3) is 2.39. The van der Waals surface area contributed by atoms with Crippen molar-refractivity contribution in [2.75, 3.05) is 0 Å². The van der Waals surface area contributed by atoms with Crippen LogP contribution in [0.3, 0.4) is 0 Å². The molecular weight excluding hydrogens is 274 g/mol. The second kappa shape index (κ2) is 4.59. The molecule has 0 fully saturated rings. The Bertz CT molecular complexity index is 652. The maximum atomic E-state index is 12.5. The molecule has 8 nitrogen and oxygen atoms in total. The van der Waals surface area contributed by atoms with Crippen LogP contribution in [0.5, 0.6) is 0 Å². The maximum absolute atomic E-state index is 12.5. The molecule has 1 heterocycles. The van der Waals surface area contributed by atoms with Gasteiger partial charge in [0.1, 0.15) is 11.0 Å². The van der Waals surface area contributed by atoms with E-state index < -0.39 is 43.2 Å².